The Kier molecular flexibility index (Phi) is 7.37. The summed E-state index contributed by atoms with van der Waals surface area (Å²) in [7, 11) is -4.23. The monoisotopic (exact) mass is 490 g/mol. The molecule has 3 N–H and O–H groups in total. The number of halogens is 4. The van der Waals surface area contributed by atoms with Crippen LogP contribution in [0.5, 0.6) is 0 Å². The van der Waals surface area contributed by atoms with Gasteiger partial charge in [0.1, 0.15) is 6.67 Å². The smallest absolute Gasteiger partial charge is 0.243 e. The number of hydrogen-bond donors (Lipinski definition) is 3. The maximum absolute atomic E-state index is 13.7. The molecule has 33 heavy (non-hydrogen) atoms. The molecular weight excluding hydrogens is 464 g/mol. The molecule has 1 heterocycles. The van der Waals surface area contributed by atoms with Crippen LogP contribution in [0, 0.1) is 17.5 Å². The third-order valence-corrected chi connectivity index (χ3v) is 8.03. The molecule has 0 spiro atoms. The van der Waals surface area contributed by atoms with Crippen LogP contribution in [0.2, 0.25) is 0 Å². The van der Waals surface area contributed by atoms with E-state index >= 15 is 0 Å². The minimum atomic E-state index is -4.23. The molecule has 2 unspecified atom stereocenters. The number of nitrogens with zero attached hydrogens (tertiary/aromatic N) is 1. The molecule has 0 saturated carbocycles. The Morgan fingerprint density at radius 3 is 2.39 bits per heavy atom. The molecular formula is C22H26F4N2O4S. The van der Waals surface area contributed by atoms with Crippen molar-refractivity contribution in [2.24, 2.45) is 0 Å². The first-order valence-corrected chi connectivity index (χ1v) is 11.8. The Bertz CT molecular complexity index is 1100. The highest BCUT2D eigenvalue weighted by Crippen LogP contribution is 2.35. The lowest BCUT2D eigenvalue weighted by molar-refractivity contribution is 0.158. The van der Waals surface area contributed by atoms with Gasteiger partial charge in [-0.3, -0.25) is 0 Å². The van der Waals surface area contributed by atoms with Gasteiger partial charge in [-0.05, 0) is 39.2 Å². The summed E-state index contributed by atoms with van der Waals surface area (Å²) in [5.74, 6) is -4.60. The van der Waals surface area contributed by atoms with E-state index in [2.05, 4.69) is 5.32 Å². The third kappa shape index (κ3) is 5.32. The number of aliphatic hydroxyl groups is 2. The fourth-order valence-electron chi connectivity index (χ4n) is 3.89. The molecule has 0 radical (unpaired) electrons. The fourth-order valence-corrected chi connectivity index (χ4v) is 5.96. The molecule has 1 aliphatic heterocycles. The first kappa shape index (κ1) is 25.4. The zero-order chi connectivity index (χ0) is 24.6. The molecule has 2 atom stereocenters. The summed E-state index contributed by atoms with van der Waals surface area (Å²) >= 11 is 0. The van der Waals surface area contributed by atoms with Crippen molar-refractivity contribution >= 4 is 15.7 Å². The summed E-state index contributed by atoms with van der Waals surface area (Å²) in [6, 6.07) is 4.86. The second kappa shape index (κ2) is 9.57. The molecule has 1 saturated heterocycles. The summed E-state index contributed by atoms with van der Waals surface area (Å²) in [5.41, 5.74) is -1.26. The van der Waals surface area contributed by atoms with Gasteiger partial charge in [-0.15, -0.1) is 0 Å². The Morgan fingerprint density at radius 2 is 1.79 bits per heavy atom. The van der Waals surface area contributed by atoms with Gasteiger partial charge in [-0.1, -0.05) is 12.1 Å². The van der Waals surface area contributed by atoms with Gasteiger partial charge in [-0.25, -0.2) is 26.0 Å². The van der Waals surface area contributed by atoms with E-state index in [-0.39, 0.29) is 34.7 Å². The van der Waals surface area contributed by atoms with E-state index in [0.717, 1.165) is 6.07 Å². The van der Waals surface area contributed by atoms with Crippen molar-refractivity contribution in [3.05, 3.63) is 58.9 Å². The quantitative estimate of drug-likeness (QED) is 0.324. The number of rotatable bonds is 6. The number of nitrogens with one attached hydrogen (secondary N) is 1. The van der Waals surface area contributed by atoms with Crippen LogP contribution < -0.4 is 5.32 Å². The minimum absolute atomic E-state index is 0.0106. The molecule has 1 aliphatic rings. The number of benzene rings is 2. The van der Waals surface area contributed by atoms with Crippen molar-refractivity contribution in [1.29, 1.82) is 0 Å². The highest BCUT2D eigenvalue weighted by molar-refractivity contribution is 7.89. The standard InChI is InChI=1S/C22H26F4N2O4S/c1-22(2)7-5-16(29)6-8-28(22)33(31,32)19-9-13(3-4-14(19)12-23)21(30)27-15-10-17(24)20(26)18(25)11-15/h3-4,9-11,16,21,27,29-30H,5-8,12H2,1-2H3. The number of anilines is 1. The Labute approximate surface area is 189 Å². The van der Waals surface area contributed by atoms with Crippen LogP contribution in [0.15, 0.2) is 35.2 Å². The largest absolute Gasteiger partial charge is 0.393 e. The molecule has 2 aromatic carbocycles. The van der Waals surface area contributed by atoms with Crippen LogP contribution in [0.3, 0.4) is 0 Å². The normalized spacial score (nSPS) is 20.3. The highest BCUT2D eigenvalue weighted by Gasteiger charge is 2.40. The van der Waals surface area contributed by atoms with Gasteiger partial charge in [0.2, 0.25) is 10.0 Å². The van der Waals surface area contributed by atoms with Crippen molar-refractivity contribution in [1.82, 2.24) is 4.31 Å². The molecule has 11 heteroatoms. The number of hydrogen-bond acceptors (Lipinski definition) is 5. The molecule has 3 rings (SSSR count). The second-order valence-corrected chi connectivity index (χ2v) is 10.5. The maximum Gasteiger partial charge on any atom is 0.243 e. The minimum Gasteiger partial charge on any atom is -0.393 e. The van der Waals surface area contributed by atoms with Crippen LogP contribution in [0.1, 0.15) is 50.5 Å². The van der Waals surface area contributed by atoms with Crippen LogP contribution in [0.25, 0.3) is 0 Å². The second-order valence-electron chi connectivity index (χ2n) is 8.67. The number of aliphatic hydroxyl groups excluding tert-OH is 2. The van der Waals surface area contributed by atoms with Crippen LogP contribution in [-0.2, 0) is 16.7 Å². The number of alkyl halides is 1. The Morgan fingerprint density at radius 1 is 1.15 bits per heavy atom. The van der Waals surface area contributed by atoms with Gasteiger partial charge in [0, 0.05) is 41.0 Å². The summed E-state index contributed by atoms with van der Waals surface area (Å²) in [6.45, 7) is 2.39. The number of sulfonamides is 1. The van der Waals surface area contributed by atoms with Crippen LogP contribution >= 0.6 is 0 Å². The third-order valence-electron chi connectivity index (χ3n) is 5.84. The van der Waals surface area contributed by atoms with E-state index in [9.17, 15) is 36.2 Å². The predicted molar refractivity (Wildman–Crippen MR) is 114 cm³/mol. The average molecular weight is 491 g/mol. The summed E-state index contributed by atoms with van der Waals surface area (Å²) in [4.78, 5) is -0.357. The first-order valence-electron chi connectivity index (χ1n) is 10.4. The lowest BCUT2D eigenvalue weighted by Gasteiger charge is -2.36. The molecule has 6 nitrogen and oxygen atoms in total. The molecule has 0 aliphatic carbocycles. The van der Waals surface area contributed by atoms with Crippen LogP contribution in [0.4, 0.5) is 23.2 Å². The lowest BCUT2D eigenvalue weighted by Crippen LogP contribution is -2.47. The Balaban J connectivity index is 1.98. The van der Waals surface area contributed by atoms with Gasteiger partial charge in [0.15, 0.2) is 23.7 Å². The fraction of sp³-hybridized carbons (Fsp3) is 0.455. The lowest BCUT2D eigenvalue weighted by atomic mass is 9.98. The van der Waals surface area contributed by atoms with Crippen molar-refractivity contribution in [3.8, 4) is 0 Å². The van der Waals surface area contributed by atoms with Gasteiger partial charge in [0.05, 0.1) is 11.0 Å². The highest BCUT2D eigenvalue weighted by atomic mass is 32.2. The predicted octanol–water partition coefficient (Wildman–Crippen LogP) is 3.99. The topological polar surface area (TPSA) is 89.9 Å². The molecule has 1 fully saturated rings. The zero-order valence-corrected chi connectivity index (χ0v) is 19.0. The van der Waals surface area contributed by atoms with Crippen molar-refractivity contribution in [2.75, 3.05) is 11.9 Å². The van der Waals surface area contributed by atoms with Gasteiger partial charge in [-0.2, -0.15) is 4.31 Å². The molecule has 2 aromatic rings. The molecule has 0 aromatic heterocycles. The van der Waals surface area contributed by atoms with Crippen molar-refractivity contribution in [3.63, 3.8) is 0 Å². The first-order chi connectivity index (χ1) is 15.4. The SMILES string of the molecule is CC1(C)CCC(O)CCN1S(=O)(=O)c1cc(C(O)Nc2cc(F)c(F)c(F)c2)ccc1CF. The molecule has 182 valence electrons. The van der Waals surface area contributed by atoms with E-state index in [4.69, 9.17) is 0 Å². The molecule has 0 bridgehead atoms. The average Bonchev–Trinajstić information content (AvgIpc) is 2.89. The van der Waals surface area contributed by atoms with E-state index in [0.29, 0.717) is 25.0 Å². The Hall–Kier alpha value is -2.21. The van der Waals surface area contributed by atoms with Gasteiger partial charge >= 0.3 is 0 Å². The van der Waals surface area contributed by atoms with Crippen LogP contribution in [-0.4, -0.2) is 41.1 Å². The summed E-state index contributed by atoms with van der Waals surface area (Å²) in [6.07, 6.45) is -1.25. The van der Waals surface area contributed by atoms with E-state index in [1.807, 2.05) is 0 Å². The maximum atomic E-state index is 13.7. The molecule has 0 amide bonds. The van der Waals surface area contributed by atoms with Gasteiger partial charge < -0.3 is 15.5 Å². The summed E-state index contributed by atoms with van der Waals surface area (Å²) in [5, 5.41) is 22.8. The van der Waals surface area contributed by atoms with Crippen molar-refractivity contribution in [2.45, 2.75) is 62.6 Å². The van der Waals surface area contributed by atoms with Gasteiger partial charge in [0.25, 0.3) is 0 Å². The van der Waals surface area contributed by atoms with E-state index < -0.39 is 52.0 Å². The summed E-state index contributed by atoms with van der Waals surface area (Å²) < 4.78 is 82.1. The van der Waals surface area contributed by atoms with E-state index in [1.54, 1.807) is 13.8 Å². The van der Waals surface area contributed by atoms with E-state index in [1.165, 1.54) is 16.4 Å². The zero-order valence-electron chi connectivity index (χ0n) is 18.2. The van der Waals surface area contributed by atoms with Crippen molar-refractivity contribution < 1.29 is 36.2 Å².